The summed E-state index contributed by atoms with van der Waals surface area (Å²) < 4.78 is 16.2. The Morgan fingerprint density at radius 3 is 2.92 bits per heavy atom. The number of nitrogens with zero attached hydrogens (tertiary/aromatic N) is 2. The van der Waals surface area contributed by atoms with Gasteiger partial charge in [-0.15, -0.1) is 21.5 Å². The van der Waals surface area contributed by atoms with Crippen LogP contribution >= 0.6 is 11.3 Å². The average Bonchev–Trinajstić information content (AvgIpc) is 3.31. The summed E-state index contributed by atoms with van der Waals surface area (Å²) in [5, 5.41) is 12.6. The standard InChI is InChI=1S/C17H17N3O4S/c1-3-23-11-6-7-12(13(9-11)22-2)16(21)18-10-15-19-20-17(24-15)14-5-4-8-25-14/h4-9H,3,10H2,1-2H3,(H,18,21). The second-order valence-electron chi connectivity index (χ2n) is 4.96. The number of hydrogen-bond acceptors (Lipinski definition) is 7. The van der Waals surface area contributed by atoms with Crippen LogP contribution in [0.5, 0.6) is 11.5 Å². The molecule has 0 saturated heterocycles. The molecule has 0 saturated carbocycles. The van der Waals surface area contributed by atoms with Gasteiger partial charge in [0.1, 0.15) is 11.5 Å². The van der Waals surface area contributed by atoms with Crippen molar-refractivity contribution in [1.82, 2.24) is 15.5 Å². The van der Waals surface area contributed by atoms with Gasteiger partial charge in [0.2, 0.25) is 5.89 Å². The van der Waals surface area contributed by atoms with E-state index < -0.39 is 0 Å². The molecule has 130 valence electrons. The molecule has 1 N–H and O–H groups in total. The highest BCUT2D eigenvalue weighted by atomic mass is 32.1. The monoisotopic (exact) mass is 359 g/mol. The maximum atomic E-state index is 12.4. The van der Waals surface area contributed by atoms with Crippen molar-refractivity contribution < 1.29 is 18.7 Å². The zero-order valence-electron chi connectivity index (χ0n) is 13.8. The first-order chi connectivity index (χ1) is 12.2. The van der Waals surface area contributed by atoms with Crippen LogP contribution in [-0.2, 0) is 6.54 Å². The van der Waals surface area contributed by atoms with Crippen molar-refractivity contribution in [2.45, 2.75) is 13.5 Å². The number of ether oxygens (including phenoxy) is 2. The Labute approximate surface area is 148 Å². The minimum absolute atomic E-state index is 0.133. The van der Waals surface area contributed by atoms with Crippen molar-refractivity contribution in [3.8, 4) is 22.3 Å². The van der Waals surface area contributed by atoms with Crippen molar-refractivity contribution >= 4 is 17.2 Å². The van der Waals surface area contributed by atoms with E-state index in [1.54, 1.807) is 18.2 Å². The van der Waals surface area contributed by atoms with E-state index in [1.165, 1.54) is 18.4 Å². The van der Waals surface area contributed by atoms with Gasteiger partial charge in [0.05, 0.1) is 30.7 Å². The highest BCUT2D eigenvalue weighted by Crippen LogP contribution is 2.25. The van der Waals surface area contributed by atoms with Gasteiger partial charge in [-0.3, -0.25) is 4.79 Å². The van der Waals surface area contributed by atoms with E-state index in [0.29, 0.717) is 35.5 Å². The number of aromatic nitrogens is 2. The molecule has 1 amide bonds. The summed E-state index contributed by atoms with van der Waals surface area (Å²) in [6, 6.07) is 8.86. The Balaban J connectivity index is 1.66. The minimum Gasteiger partial charge on any atom is -0.496 e. The van der Waals surface area contributed by atoms with E-state index in [1.807, 2.05) is 24.4 Å². The van der Waals surface area contributed by atoms with Crippen LogP contribution in [0, 0.1) is 0 Å². The largest absolute Gasteiger partial charge is 0.496 e. The van der Waals surface area contributed by atoms with Crippen molar-refractivity contribution in [1.29, 1.82) is 0 Å². The molecule has 25 heavy (non-hydrogen) atoms. The average molecular weight is 359 g/mol. The molecule has 8 heteroatoms. The first-order valence-electron chi connectivity index (χ1n) is 7.66. The van der Waals surface area contributed by atoms with Gasteiger partial charge in [0.15, 0.2) is 0 Å². The van der Waals surface area contributed by atoms with E-state index in [0.717, 1.165) is 4.88 Å². The maximum Gasteiger partial charge on any atom is 0.257 e. The third-order valence-corrected chi connectivity index (χ3v) is 4.19. The Hall–Kier alpha value is -2.87. The molecule has 0 bridgehead atoms. The summed E-state index contributed by atoms with van der Waals surface area (Å²) in [6.45, 7) is 2.56. The topological polar surface area (TPSA) is 86.5 Å². The number of rotatable bonds is 7. The number of hydrogen-bond donors (Lipinski definition) is 1. The predicted octanol–water partition coefficient (Wildman–Crippen LogP) is 3.14. The molecule has 3 aromatic rings. The van der Waals surface area contributed by atoms with E-state index in [2.05, 4.69) is 15.5 Å². The van der Waals surface area contributed by atoms with Gasteiger partial charge >= 0.3 is 0 Å². The van der Waals surface area contributed by atoms with Crippen LogP contribution in [-0.4, -0.2) is 29.8 Å². The molecular weight excluding hydrogens is 342 g/mol. The Morgan fingerprint density at radius 1 is 1.32 bits per heavy atom. The molecule has 0 spiro atoms. The van der Waals surface area contributed by atoms with Gasteiger partial charge in [0, 0.05) is 6.07 Å². The summed E-state index contributed by atoms with van der Waals surface area (Å²) in [6.07, 6.45) is 0. The van der Waals surface area contributed by atoms with Gasteiger partial charge in [-0.2, -0.15) is 0 Å². The van der Waals surface area contributed by atoms with Gasteiger partial charge in [-0.05, 0) is 30.5 Å². The Kier molecular flexibility index (Phi) is 5.30. The lowest BCUT2D eigenvalue weighted by atomic mass is 10.1. The van der Waals surface area contributed by atoms with Crippen LogP contribution < -0.4 is 14.8 Å². The lowest BCUT2D eigenvalue weighted by Gasteiger charge is -2.10. The Bertz CT molecular complexity index is 845. The van der Waals surface area contributed by atoms with Crippen LogP contribution in [0.1, 0.15) is 23.2 Å². The number of carbonyl (C=O) groups is 1. The summed E-state index contributed by atoms with van der Waals surface area (Å²) >= 11 is 1.51. The lowest BCUT2D eigenvalue weighted by Crippen LogP contribution is -2.23. The van der Waals surface area contributed by atoms with Crippen molar-refractivity contribution in [2.75, 3.05) is 13.7 Å². The smallest absolute Gasteiger partial charge is 0.257 e. The van der Waals surface area contributed by atoms with Gasteiger partial charge < -0.3 is 19.2 Å². The highest BCUT2D eigenvalue weighted by Gasteiger charge is 2.15. The van der Waals surface area contributed by atoms with Crippen molar-refractivity contribution in [3.05, 3.63) is 47.2 Å². The zero-order chi connectivity index (χ0) is 17.6. The number of carbonyl (C=O) groups excluding carboxylic acids is 1. The fraction of sp³-hybridized carbons (Fsp3) is 0.235. The predicted molar refractivity (Wildman–Crippen MR) is 92.9 cm³/mol. The molecule has 2 heterocycles. The fourth-order valence-electron chi connectivity index (χ4n) is 2.19. The number of amides is 1. The van der Waals surface area contributed by atoms with Gasteiger partial charge in [-0.1, -0.05) is 6.07 Å². The second-order valence-corrected chi connectivity index (χ2v) is 5.90. The van der Waals surface area contributed by atoms with E-state index in [9.17, 15) is 4.79 Å². The highest BCUT2D eigenvalue weighted by molar-refractivity contribution is 7.13. The Morgan fingerprint density at radius 2 is 2.20 bits per heavy atom. The summed E-state index contributed by atoms with van der Waals surface area (Å²) in [7, 11) is 1.51. The van der Waals surface area contributed by atoms with Gasteiger partial charge in [0.25, 0.3) is 11.8 Å². The summed E-state index contributed by atoms with van der Waals surface area (Å²) in [4.78, 5) is 13.3. The number of nitrogens with one attached hydrogen (secondary N) is 1. The summed E-state index contributed by atoms with van der Waals surface area (Å²) in [5.74, 6) is 1.57. The van der Waals surface area contributed by atoms with Crippen LogP contribution in [0.4, 0.5) is 0 Å². The van der Waals surface area contributed by atoms with Crippen LogP contribution in [0.2, 0.25) is 0 Å². The van der Waals surface area contributed by atoms with E-state index in [-0.39, 0.29) is 12.5 Å². The minimum atomic E-state index is -0.296. The molecule has 1 aromatic carbocycles. The molecule has 0 fully saturated rings. The third kappa shape index (κ3) is 3.97. The van der Waals surface area contributed by atoms with E-state index in [4.69, 9.17) is 13.9 Å². The fourth-order valence-corrected chi connectivity index (χ4v) is 2.84. The van der Waals surface area contributed by atoms with Crippen molar-refractivity contribution in [3.63, 3.8) is 0 Å². The molecule has 7 nitrogen and oxygen atoms in total. The number of methoxy groups -OCH3 is 1. The first kappa shape index (κ1) is 17.0. The molecule has 0 unspecified atom stereocenters. The molecule has 0 aliphatic rings. The molecule has 0 atom stereocenters. The second kappa shape index (κ2) is 7.80. The molecule has 0 aliphatic heterocycles. The van der Waals surface area contributed by atoms with Crippen LogP contribution in [0.3, 0.4) is 0 Å². The van der Waals surface area contributed by atoms with Crippen molar-refractivity contribution in [2.24, 2.45) is 0 Å². The molecule has 0 radical (unpaired) electrons. The molecular formula is C17H17N3O4S. The summed E-state index contributed by atoms with van der Waals surface area (Å²) in [5.41, 5.74) is 0.406. The van der Waals surface area contributed by atoms with Gasteiger partial charge in [-0.25, -0.2) is 0 Å². The number of benzene rings is 1. The third-order valence-electron chi connectivity index (χ3n) is 3.33. The number of thiophene rings is 1. The molecule has 0 aliphatic carbocycles. The molecule has 2 aromatic heterocycles. The normalized spacial score (nSPS) is 10.5. The first-order valence-corrected chi connectivity index (χ1v) is 8.54. The zero-order valence-corrected chi connectivity index (χ0v) is 14.6. The lowest BCUT2D eigenvalue weighted by molar-refractivity contribution is 0.0944. The van der Waals surface area contributed by atoms with Crippen LogP contribution in [0.15, 0.2) is 40.1 Å². The quantitative estimate of drug-likeness (QED) is 0.697. The maximum absolute atomic E-state index is 12.4. The molecule has 3 rings (SSSR count). The van der Waals surface area contributed by atoms with E-state index >= 15 is 0 Å². The van der Waals surface area contributed by atoms with Crippen LogP contribution in [0.25, 0.3) is 10.8 Å². The SMILES string of the molecule is CCOc1ccc(C(=O)NCc2nnc(-c3cccs3)o2)c(OC)c1.